The highest BCUT2D eigenvalue weighted by atomic mass is 16.7. The number of carbonyl (C=O) groups excluding carboxylic acids is 1. The number of fused-ring (bicyclic) bond motifs is 3. The molecule has 11 unspecified atom stereocenters. The van der Waals surface area contributed by atoms with Crippen molar-refractivity contribution in [1.29, 1.82) is 0 Å². The molecule has 8 aliphatic rings. The van der Waals surface area contributed by atoms with Crippen molar-refractivity contribution >= 4 is 11.9 Å². The lowest BCUT2D eigenvalue weighted by Gasteiger charge is -2.54. The van der Waals surface area contributed by atoms with Gasteiger partial charge in [-0.05, 0) is 148 Å². The lowest BCUT2D eigenvalue weighted by molar-refractivity contribution is -0.228. The Morgan fingerprint density at radius 1 is 0.891 bits per heavy atom. The molecule has 2 aliphatic heterocycles. The van der Waals surface area contributed by atoms with Gasteiger partial charge in [0.25, 0.3) is 0 Å². The molecule has 1 amide bonds. The van der Waals surface area contributed by atoms with E-state index < -0.39 is 12.1 Å². The highest BCUT2D eigenvalue weighted by molar-refractivity contribution is 5.76. The standard InChI is InChI=1S/C39H61NO6/c1-36(2)31-12-10-27-28-21-30-26(9-11-29(45-30)35(42)43)22-37(28,3)13-5-15-38(27)16-17-39(31,24-38)14-4-6-32(36)46-34-23-40(18-19-44-34)33(41)20-25-7-8-25/h25-32,34H,4-24H2,1-3H3,(H,42,43). The molecule has 6 saturated carbocycles. The number of hydrogen-bond acceptors (Lipinski definition) is 5. The minimum absolute atomic E-state index is 0.0391. The number of carboxylic acids is 1. The highest BCUT2D eigenvalue weighted by Crippen LogP contribution is 2.73. The van der Waals surface area contributed by atoms with Crippen molar-refractivity contribution < 1.29 is 28.9 Å². The van der Waals surface area contributed by atoms with Gasteiger partial charge in [-0.2, -0.15) is 0 Å². The molecule has 0 aromatic carbocycles. The summed E-state index contributed by atoms with van der Waals surface area (Å²) in [6.07, 6.45) is 20.8. The van der Waals surface area contributed by atoms with Gasteiger partial charge in [-0.25, -0.2) is 4.79 Å². The first-order valence-corrected chi connectivity index (χ1v) is 19.4. The predicted molar refractivity (Wildman–Crippen MR) is 175 cm³/mol. The Hall–Kier alpha value is -1.18. The van der Waals surface area contributed by atoms with Crippen LogP contribution in [0.5, 0.6) is 0 Å². The van der Waals surface area contributed by atoms with E-state index in [4.69, 9.17) is 14.2 Å². The highest BCUT2D eigenvalue weighted by Gasteiger charge is 2.65. The van der Waals surface area contributed by atoms with Crippen molar-refractivity contribution in [2.24, 2.45) is 51.2 Å². The lowest BCUT2D eigenvalue weighted by Crippen LogP contribution is -2.51. The minimum atomic E-state index is -0.772. The lowest BCUT2D eigenvalue weighted by atomic mass is 9.53. The van der Waals surface area contributed by atoms with Gasteiger partial charge in [-0.15, -0.1) is 0 Å². The topological polar surface area (TPSA) is 85.3 Å². The SMILES string of the molecule is CC12CCCC34CCC5(CCCC(OC6CN(C(=O)CC7CC7)CCO6)C(C)(C)C5CCC3C1CC1OC(C(=O)O)CCC1C2)C4. The van der Waals surface area contributed by atoms with E-state index in [2.05, 4.69) is 20.8 Å². The minimum Gasteiger partial charge on any atom is -0.479 e. The maximum atomic E-state index is 13.0. The van der Waals surface area contributed by atoms with Crippen LogP contribution in [0.15, 0.2) is 0 Å². The second-order valence-electron chi connectivity index (χ2n) is 18.7. The van der Waals surface area contributed by atoms with E-state index in [1.165, 1.54) is 83.5 Å². The number of ether oxygens (including phenoxy) is 3. The van der Waals surface area contributed by atoms with Gasteiger partial charge in [0.15, 0.2) is 12.4 Å². The monoisotopic (exact) mass is 639 g/mol. The van der Waals surface area contributed by atoms with Crippen LogP contribution in [0.4, 0.5) is 0 Å². The van der Waals surface area contributed by atoms with E-state index >= 15 is 0 Å². The van der Waals surface area contributed by atoms with E-state index in [1.54, 1.807) is 0 Å². The van der Waals surface area contributed by atoms with Crippen molar-refractivity contribution in [3.05, 3.63) is 0 Å². The Balaban J connectivity index is 1.02. The molecule has 8 rings (SSSR count). The molecule has 11 atom stereocenters. The summed E-state index contributed by atoms with van der Waals surface area (Å²) in [6, 6.07) is 0. The molecule has 0 aromatic rings. The molecule has 0 aromatic heterocycles. The smallest absolute Gasteiger partial charge is 0.332 e. The van der Waals surface area contributed by atoms with Gasteiger partial charge in [-0.1, -0.05) is 33.6 Å². The van der Waals surface area contributed by atoms with Crippen LogP contribution in [0.25, 0.3) is 0 Å². The summed E-state index contributed by atoms with van der Waals surface area (Å²) in [7, 11) is 0. The van der Waals surface area contributed by atoms with Crippen LogP contribution < -0.4 is 0 Å². The maximum absolute atomic E-state index is 13.0. The Bertz CT molecular complexity index is 1180. The van der Waals surface area contributed by atoms with Crippen LogP contribution in [0.2, 0.25) is 0 Å². The summed E-state index contributed by atoms with van der Waals surface area (Å²) in [6.45, 7) is 9.48. The van der Waals surface area contributed by atoms with E-state index in [0.717, 1.165) is 19.3 Å². The summed E-state index contributed by atoms with van der Waals surface area (Å²) in [5.74, 6) is 2.61. The second-order valence-corrected chi connectivity index (χ2v) is 18.7. The van der Waals surface area contributed by atoms with Crippen molar-refractivity contribution in [3.63, 3.8) is 0 Å². The summed E-state index contributed by atoms with van der Waals surface area (Å²) in [5, 5.41) is 9.79. The summed E-state index contributed by atoms with van der Waals surface area (Å²) < 4.78 is 19.6. The van der Waals surface area contributed by atoms with Crippen molar-refractivity contribution in [2.45, 2.75) is 161 Å². The van der Waals surface area contributed by atoms with Crippen molar-refractivity contribution in [3.8, 4) is 0 Å². The number of hydrogen-bond donors (Lipinski definition) is 1. The fourth-order valence-electron chi connectivity index (χ4n) is 13.5. The largest absolute Gasteiger partial charge is 0.479 e. The quantitative estimate of drug-likeness (QED) is 0.334. The van der Waals surface area contributed by atoms with E-state index in [9.17, 15) is 14.7 Å². The molecule has 2 bridgehead atoms. The molecule has 1 N–H and O–H groups in total. The molecule has 8 fully saturated rings. The summed E-state index contributed by atoms with van der Waals surface area (Å²) in [5.41, 5.74) is 1.21. The number of carbonyl (C=O) groups is 2. The maximum Gasteiger partial charge on any atom is 0.332 e. The zero-order valence-electron chi connectivity index (χ0n) is 29.0. The van der Waals surface area contributed by atoms with Crippen LogP contribution in [-0.2, 0) is 23.8 Å². The number of aliphatic carboxylic acids is 1. The molecule has 46 heavy (non-hydrogen) atoms. The number of amides is 1. The van der Waals surface area contributed by atoms with Crippen molar-refractivity contribution in [2.75, 3.05) is 19.7 Å². The average Bonchev–Trinajstić information content (AvgIpc) is 3.80. The van der Waals surface area contributed by atoms with E-state index in [1.807, 2.05) is 4.90 Å². The number of rotatable bonds is 5. The number of carboxylic acid groups (broad SMARTS) is 1. The molecule has 7 heteroatoms. The van der Waals surface area contributed by atoms with Gasteiger partial charge in [0.2, 0.25) is 5.91 Å². The van der Waals surface area contributed by atoms with Crippen LogP contribution in [-0.4, -0.2) is 66.2 Å². The molecular formula is C39H61NO6. The van der Waals surface area contributed by atoms with Crippen molar-refractivity contribution in [1.82, 2.24) is 4.90 Å². The van der Waals surface area contributed by atoms with Gasteiger partial charge >= 0.3 is 5.97 Å². The van der Waals surface area contributed by atoms with Crippen LogP contribution in [0, 0.1) is 51.2 Å². The third-order valence-corrected chi connectivity index (χ3v) is 15.8. The van der Waals surface area contributed by atoms with Crippen LogP contribution in [0.3, 0.4) is 0 Å². The molecule has 7 nitrogen and oxygen atoms in total. The predicted octanol–water partition coefficient (Wildman–Crippen LogP) is 7.60. The Morgan fingerprint density at radius 2 is 1.70 bits per heavy atom. The zero-order valence-corrected chi connectivity index (χ0v) is 29.0. The first-order valence-electron chi connectivity index (χ1n) is 19.4. The van der Waals surface area contributed by atoms with Gasteiger partial charge in [0.05, 0.1) is 25.4 Å². The van der Waals surface area contributed by atoms with E-state index in [0.29, 0.717) is 78.4 Å². The fraction of sp³-hybridized carbons (Fsp3) is 0.949. The molecular weight excluding hydrogens is 578 g/mol. The third-order valence-electron chi connectivity index (χ3n) is 15.8. The third kappa shape index (κ3) is 5.49. The van der Waals surface area contributed by atoms with Crippen LogP contribution >= 0.6 is 0 Å². The fourth-order valence-corrected chi connectivity index (χ4v) is 13.5. The molecule has 2 saturated heterocycles. The van der Waals surface area contributed by atoms with Crippen LogP contribution in [0.1, 0.15) is 136 Å². The summed E-state index contributed by atoms with van der Waals surface area (Å²) >= 11 is 0. The Kier molecular flexibility index (Phi) is 8.16. The number of morpholine rings is 1. The molecule has 0 radical (unpaired) electrons. The Morgan fingerprint density at radius 3 is 2.50 bits per heavy atom. The van der Waals surface area contributed by atoms with Gasteiger partial charge in [0.1, 0.15) is 0 Å². The van der Waals surface area contributed by atoms with E-state index in [-0.39, 0.29) is 29.8 Å². The molecule has 258 valence electrons. The van der Waals surface area contributed by atoms with Gasteiger partial charge in [0, 0.05) is 13.0 Å². The van der Waals surface area contributed by atoms with Gasteiger partial charge < -0.3 is 24.2 Å². The zero-order chi connectivity index (χ0) is 31.9. The second kappa shape index (κ2) is 11.7. The Labute approximate surface area is 277 Å². The normalized spacial score (nSPS) is 48.5. The molecule has 2 heterocycles. The average molecular weight is 640 g/mol. The molecule has 6 aliphatic carbocycles. The first-order chi connectivity index (χ1) is 22.0. The number of nitrogens with zero attached hydrogens (tertiary/aromatic N) is 1. The van der Waals surface area contributed by atoms with Gasteiger partial charge in [-0.3, -0.25) is 4.79 Å². The molecule has 2 spiro atoms. The first kappa shape index (κ1) is 32.0. The summed E-state index contributed by atoms with van der Waals surface area (Å²) in [4.78, 5) is 26.9.